The molecule has 1 aromatic rings. The van der Waals surface area contributed by atoms with E-state index < -0.39 is 0 Å². The van der Waals surface area contributed by atoms with Crippen molar-refractivity contribution in [2.24, 2.45) is 5.92 Å². The maximum Gasteiger partial charge on any atom is 0.224 e. The number of piperidine rings is 1. The molecule has 1 heterocycles. The van der Waals surface area contributed by atoms with Gasteiger partial charge in [-0.15, -0.1) is 0 Å². The van der Waals surface area contributed by atoms with Gasteiger partial charge < -0.3 is 20.3 Å². The largest absolute Gasteiger partial charge is 0.497 e. The zero-order valence-electron chi connectivity index (χ0n) is 16.1. The van der Waals surface area contributed by atoms with E-state index >= 15 is 0 Å². The number of nitrogens with zero attached hydrogens (tertiary/aromatic N) is 1. The van der Waals surface area contributed by atoms with Crippen LogP contribution in [0, 0.1) is 5.92 Å². The summed E-state index contributed by atoms with van der Waals surface area (Å²) < 4.78 is 5.18. The quantitative estimate of drug-likeness (QED) is 0.744. The topological polar surface area (TPSA) is 70.7 Å². The second-order valence-corrected chi connectivity index (χ2v) is 6.95. The van der Waals surface area contributed by atoms with E-state index in [1.807, 2.05) is 36.2 Å². The Labute approximate surface area is 156 Å². The molecule has 144 valence electrons. The summed E-state index contributed by atoms with van der Waals surface area (Å²) in [5, 5.41) is 6.09. The molecule has 0 spiro atoms. The number of carbonyl (C=O) groups excluding carboxylic acids is 2. The third kappa shape index (κ3) is 6.02. The lowest BCUT2D eigenvalue weighted by Gasteiger charge is -2.33. The molecule has 26 heavy (non-hydrogen) atoms. The van der Waals surface area contributed by atoms with Crippen LogP contribution in [0.25, 0.3) is 0 Å². The number of carbonyl (C=O) groups is 2. The van der Waals surface area contributed by atoms with E-state index in [0.717, 1.165) is 43.8 Å². The lowest BCUT2D eigenvalue weighted by molar-refractivity contribution is -0.133. The van der Waals surface area contributed by atoms with Gasteiger partial charge >= 0.3 is 0 Å². The SMILES string of the molecule is CNCCC1CCN(C(=O)CC(NC(C)=O)c2ccc(OC)cc2)CC1. The molecule has 0 radical (unpaired) electrons. The molecule has 1 saturated heterocycles. The molecule has 6 nitrogen and oxygen atoms in total. The number of rotatable bonds is 8. The van der Waals surface area contributed by atoms with E-state index in [1.165, 1.54) is 13.3 Å². The van der Waals surface area contributed by atoms with E-state index in [9.17, 15) is 9.59 Å². The average Bonchev–Trinajstić information content (AvgIpc) is 2.66. The molecule has 2 amide bonds. The fourth-order valence-corrected chi connectivity index (χ4v) is 3.46. The van der Waals surface area contributed by atoms with Crippen molar-refractivity contribution in [1.29, 1.82) is 0 Å². The number of hydrogen-bond acceptors (Lipinski definition) is 4. The van der Waals surface area contributed by atoms with Crippen LogP contribution in [-0.2, 0) is 9.59 Å². The molecule has 0 saturated carbocycles. The molecule has 1 atom stereocenters. The molecule has 1 unspecified atom stereocenters. The summed E-state index contributed by atoms with van der Waals surface area (Å²) in [5.74, 6) is 1.42. The highest BCUT2D eigenvalue weighted by atomic mass is 16.5. The summed E-state index contributed by atoms with van der Waals surface area (Å²) in [4.78, 5) is 26.3. The van der Waals surface area contributed by atoms with Crippen molar-refractivity contribution in [3.8, 4) is 5.75 Å². The summed E-state index contributed by atoms with van der Waals surface area (Å²) in [7, 11) is 3.59. The van der Waals surface area contributed by atoms with E-state index in [-0.39, 0.29) is 24.3 Å². The van der Waals surface area contributed by atoms with Gasteiger partial charge in [-0.25, -0.2) is 0 Å². The monoisotopic (exact) mass is 361 g/mol. The average molecular weight is 361 g/mol. The van der Waals surface area contributed by atoms with Crippen LogP contribution in [0.2, 0.25) is 0 Å². The minimum Gasteiger partial charge on any atom is -0.497 e. The second kappa shape index (κ2) is 10.2. The predicted molar refractivity (Wildman–Crippen MR) is 102 cm³/mol. The molecule has 1 aromatic carbocycles. The molecular weight excluding hydrogens is 330 g/mol. The Morgan fingerprint density at radius 3 is 2.42 bits per heavy atom. The molecular formula is C20H31N3O3. The van der Waals surface area contributed by atoms with Crippen LogP contribution >= 0.6 is 0 Å². The van der Waals surface area contributed by atoms with E-state index in [4.69, 9.17) is 4.74 Å². The van der Waals surface area contributed by atoms with E-state index in [2.05, 4.69) is 10.6 Å². The zero-order valence-corrected chi connectivity index (χ0v) is 16.1. The Kier molecular flexibility index (Phi) is 7.91. The van der Waals surface area contributed by atoms with Gasteiger partial charge in [-0.05, 0) is 56.5 Å². The van der Waals surface area contributed by atoms with Gasteiger partial charge in [0.25, 0.3) is 0 Å². The van der Waals surface area contributed by atoms with E-state index in [1.54, 1.807) is 7.11 Å². The first kappa shape index (κ1) is 20.2. The minimum atomic E-state index is -0.312. The summed E-state index contributed by atoms with van der Waals surface area (Å²) in [6.07, 6.45) is 3.56. The summed E-state index contributed by atoms with van der Waals surface area (Å²) >= 11 is 0. The van der Waals surface area contributed by atoms with E-state index in [0.29, 0.717) is 5.92 Å². The van der Waals surface area contributed by atoms with Gasteiger partial charge in [-0.2, -0.15) is 0 Å². The maximum absolute atomic E-state index is 12.7. The zero-order chi connectivity index (χ0) is 18.9. The first-order valence-corrected chi connectivity index (χ1v) is 9.37. The van der Waals surface area contributed by atoms with Crippen LogP contribution in [0.5, 0.6) is 5.75 Å². The Balaban J connectivity index is 1.95. The normalized spacial score (nSPS) is 16.2. The Bertz CT molecular complexity index is 580. The van der Waals surface area contributed by atoms with Crippen LogP contribution < -0.4 is 15.4 Å². The Morgan fingerprint density at radius 1 is 1.23 bits per heavy atom. The lowest BCUT2D eigenvalue weighted by Crippen LogP contribution is -2.41. The van der Waals surface area contributed by atoms with Gasteiger partial charge in [0.05, 0.1) is 19.6 Å². The smallest absolute Gasteiger partial charge is 0.224 e. The summed E-state index contributed by atoms with van der Waals surface area (Å²) in [6, 6.07) is 7.19. The van der Waals surface area contributed by atoms with Gasteiger partial charge in [0.1, 0.15) is 5.75 Å². The van der Waals surface area contributed by atoms with Crippen LogP contribution in [0.4, 0.5) is 0 Å². The molecule has 1 fully saturated rings. The molecule has 0 aromatic heterocycles. The number of benzene rings is 1. The van der Waals surface area contributed by atoms with Crippen LogP contribution in [0.3, 0.4) is 0 Å². The Hall–Kier alpha value is -2.08. The molecule has 1 aliphatic rings. The Morgan fingerprint density at radius 2 is 1.88 bits per heavy atom. The van der Waals surface area contributed by atoms with Crippen molar-refractivity contribution in [3.05, 3.63) is 29.8 Å². The number of methoxy groups -OCH3 is 1. The van der Waals surface area contributed by atoms with Gasteiger partial charge in [0, 0.05) is 20.0 Å². The van der Waals surface area contributed by atoms with Crippen molar-refractivity contribution >= 4 is 11.8 Å². The number of ether oxygens (including phenoxy) is 1. The standard InChI is InChI=1S/C20H31N3O3/c1-15(24)22-19(17-4-6-18(26-3)7-5-17)14-20(25)23-12-9-16(10-13-23)8-11-21-2/h4-7,16,19,21H,8-14H2,1-3H3,(H,22,24). The van der Waals surface area contributed by atoms with Crippen LogP contribution in [-0.4, -0.2) is 50.5 Å². The van der Waals surface area contributed by atoms with Crippen LogP contribution in [0.15, 0.2) is 24.3 Å². The summed E-state index contributed by atoms with van der Waals surface area (Å²) in [6.45, 7) is 4.13. The fourth-order valence-electron chi connectivity index (χ4n) is 3.46. The van der Waals surface area contributed by atoms with Gasteiger partial charge in [0.2, 0.25) is 11.8 Å². The fraction of sp³-hybridized carbons (Fsp3) is 0.600. The first-order valence-electron chi connectivity index (χ1n) is 9.37. The third-order valence-electron chi connectivity index (χ3n) is 5.04. The summed E-state index contributed by atoms with van der Waals surface area (Å²) in [5.41, 5.74) is 0.915. The minimum absolute atomic E-state index is 0.103. The number of likely N-dealkylation sites (tertiary alicyclic amines) is 1. The first-order chi connectivity index (χ1) is 12.5. The molecule has 6 heteroatoms. The highest BCUT2D eigenvalue weighted by molar-refractivity contribution is 5.79. The lowest BCUT2D eigenvalue weighted by atomic mass is 9.93. The second-order valence-electron chi connectivity index (χ2n) is 6.95. The third-order valence-corrected chi connectivity index (χ3v) is 5.04. The van der Waals surface area contributed by atoms with Gasteiger partial charge in [-0.3, -0.25) is 9.59 Å². The molecule has 1 aliphatic heterocycles. The van der Waals surface area contributed by atoms with Gasteiger partial charge in [-0.1, -0.05) is 12.1 Å². The predicted octanol–water partition coefficient (Wildman–Crippen LogP) is 2.11. The number of nitrogens with one attached hydrogen (secondary N) is 2. The van der Waals surface area contributed by atoms with Crippen LogP contribution in [0.1, 0.15) is 44.2 Å². The van der Waals surface area contributed by atoms with Crippen molar-refractivity contribution in [2.75, 3.05) is 33.8 Å². The molecule has 2 N–H and O–H groups in total. The van der Waals surface area contributed by atoms with Crippen molar-refractivity contribution in [3.63, 3.8) is 0 Å². The molecule has 2 rings (SSSR count). The van der Waals surface area contributed by atoms with Crippen molar-refractivity contribution in [1.82, 2.24) is 15.5 Å². The highest BCUT2D eigenvalue weighted by Crippen LogP contribution is 2.24. The van der Waals surface area contributed by atoms with Gasteiger partial charge in [0.15, 0.2) is 0 Å². The number of amides is 2. The number of hydrogen-bond donors (Lipinski definition) is 2. The molecule has 0 aliphatic carbocycles. The van der Waals surface area contributed by atoms with Crippen molar-refractivity contribution in [2.45, 2.75) is 38.6 Å². The van der Waals surface area contributed by atoms with Crippen molar-refractivity contribution < 1.29 is 14.3 Å². The molecule has 0 bridgehead atoms. The highest BCUT2D eigenvalue weighted by Gasteiger charge is 2.25. The maximum atomic E-state index is 12.7.